The summed E-state index contributed by atoms with van der Waals surface area (Å²) in [7, 11) is 0. The summed E-state index contributed by atoms with van der Waals surface area (Å²) in [6.45, 7) is 5.23. The number of aromatic nitrogens is 2. The van der Waals surface area contributed by atoms with E-state index in [2.05, 4.69) is 20.6 Å². The van der Waals surface area contributed by atoms with E-state index in [-0.39, 0.29) is 17.8 Å². The van der Waals surface area contributed by atoms with Crippen molar-refractivity contribution >= 4 is 23.2 Å². The summed E-state index contributed by atoms with van der Waals surface area (Å²) in [6.07, 6.45) is 4.09. The molecule has 1 aliphatic heterocycles. The van der Waals surface area contributed by atoms with Crippen LogP contribution in [-0.2, 0) is 4.74 Å². The minimum atomic E-state index is -0.339. The lowest BCUT2D eigenvalue weighted by Crippen LogP contribution is -2.41. The van der Waals surface area contributed by atoms with Gasteiger partial charge in [-0.15, -0.1) is 0 Å². The summed E-state index contributed by atoms with van der Waals surface area (Å²) in [6, 6.07) is 4.79. The third kappa shape index (κ3) is 4.59. The van der Waals surface area contributed by atoms with Crippen LogP contribution in [0, 0.1) is 18.3 Å². The Hall–Kier alpha value is -3.00. The van der Waals surface area contributed by atoms with Crippen LogP contribution >= 0.6 is 0 Å². The molecular weight excluding hydrogens is 344 g/mol. The van der Waals surface area contributed by atoms with Gasteiger partial charge in [0.25, 0.3) is 0 Å². The molecule has 5 N–H and O–H groups in total. The standard InChI is InChI=1S/C19H24N6O2/c1-11-7-13(3-5-22-11)18(21)15-9-23-17(8-16(15)20)25-19(26)24-12(2)14-4-6-27-10-14/h3,5,7-9,12,14,21H,4,6,10H2,1-2H3,(H4,20,23,24,25,26). The fraction of sp³-hybridized carbons (Fsp3) is 0.368. The zero-order valence-corrected chi connectivity index (χ0v) is 15.5. The molecule has 8 heteroatoms. The van der Waals surface area contributed by atoms with E-state index in [4.69, 9.17) is 15.9 Å². The lowest BCUT2D eigenvalue weighted by molar-refractivity contribution is 0.178. The summed E-state index contributed by atoms with van der Waals surface area (Å²) in [5.74, 6) is 0.655. The second-order valence-corrected chi connectivity index (χ2v) is 6.73. The van der Waals surface area contributed by atoms with E-state index in [0.717, 1.165) is 18.7 Å². The van der Waals surface area contributed by atoms with Crippen molar-refractivity contribution in [2.75, 3.05) is 24.3 Å². The van der Waals surface area contributed by atoms with E-state index < -0.39 is 0 Å². The Morgan fingerprint density at radius 2 is 2.22 bits per heavy atom. The molecule has 0 aliphatic carbocycles. The molecule has 8 nitrogen and oxygen atoms in total. The molecule has 3 rings (SSSR count). The molecule has 27 heavy (non-hydrogen) atoms. The van der Waals surface area contributed by atoms with Gasteiger partial charge in [0.05, 0.1) is 12.3 Å². The minimum absolute atomic E-state index is 0.00669. The molecule has 2 aromatic heterocycles. The molecule has 3 heterocycles. The zero-order chi connectivity index (χ0) is 19.4. The molecule has 0 spiro atoms. The van der Waals surface area contributed by atoms with Crippen LogP contribution in [-0.4, -0.2) is 41.0 Å². The number of nitrogens with zero attached hydrogens (tertiary/aromatic N) is 2. The maximum atomic E-state index is 12.2. The summed E-state index contributed by atoms with van der Waals surface area (Å²) in [4.78, 5) is 20.5. The number of anilines is 2. The van der Waals surface area contributed by atoms with Gasteiger partial charge in [0.2, 0.25) is 0 Å². The van der Waals surface area contributed by atoms with Gasteiger partial charge in [-0.05, 0) is 32.4 Å². The third-order valence-corrected chi connectivity index (χ3v) is 4.66. The molecule has 0 saturated carbocycles. The van der Waals surface area contributed by atoms with Crippen LogP contribution in [0.5, 0.6) is 0 Å². The number of hydrogen-bond donors (Lipinski definition) is 4. The van der Waals surface area contributed by atoms with Crippen molar-refractivity contribution in [2.24, 2.45) is 5.92 Å². The van der Waals surface area contributed by atoms with Crippen molar-refractivity contribution < 1.29 is 9.53 Å². The van der Waals surface area contributed by atoms with Gasteiger partial charge in [0, 0.05) is 59.5 Å². The van der Waals surface area contributed by atoms with Gasteiger partial charge >= 0.3 is 6.03 Å². The molecule has 2 unspecified atom stereocenters. The van der Waals surface area contributed by atoms with Crippen molar-refractivity contribution in [3.8, 4) is 0 Å². The summed E-state index contributed by atoms with van der Waals surface area (Å²) >= 11 is 0. The number of nitrogen functional groups attached to an aromatic ring is 1. The topological polar surface area (TPSA) is 126 Å². The number of rotatable bonds is 5. The molecule has 1 saturated heterocycles. The second kappa shape index (κ2) is 8.13. The Morgan fingerprint density at radius 3 is 2.89 bits per heavy atom. The lowest BCUT2D eigenvalue weighted by Gasteiger charge is -2.19. The molecule has 1 aliphatic rings. The first-order valence-electron chi connectivity index (χ1n) is 8.87. The highest BCUT2D eigenvalue weighted by Gasteiger charge is 2.23. The molecule has 2 atom stereocenters. The van der Waals surface area contributed by atoms with E-state index in [9.17, 15) is 4.79 Å². The normalized spacial score (nSPS) is 17.3. The van der Waals surface area contributed by atoms with Crippen molar-refractivity contribution in [1.29, 1.82) is 5.41 Å². The Bertz CT molecular complexity index is 848. The molecule has 0 bridgehead atoms. The summed E-state index contributed by atoms with van der Waals surface area (Å²) in [5, 5.41) is 13.9. The van der Waals surface area contributed by atoms with E-state index in [1.54, 1.807) is 18.3 Å². The van der Waals surface area contributed by atoms with Gasteiger partial charge in [-0.1, -0.05) is 0 Å². The molecular formula is C19H24N6O2. The largest absolute Gasteiger partial charge is 0.398 e. The Morgan fingerprint density at radius 1 is 1.41 bits per heavy atom. The van der Waals surface area contributed by atoms with Crippen LogP contribution in [0.15, 0.2) is 30.6 Å². The van der Waals surface area contributed by atoms with Crippen LogP contribution in [0.4, 0.5) is 16.3 Å². The Kier molecular flexibility index (Phi) is 5.66. The Labute approximate surface area is 158 Å². The second-order valence-electron chi connectivity index (χ2n) is 6.73. The van der Waals surface area contributed by atoms with Crippen molar-refractivity contribution in [3.05, 3.63) is 47.4 Å². The number of aryl methyl sites for hydroxylation is 1. The fourth-order valence-corrected chi connectivity index (χ4v) is 3.03. The van der Waals surface area contributed by atoms with Crippen LogP contribution in [0.3, 0.4) is 0 Å². The first kappa shape index (κ1) is 18.8. The van der Waals surface area contributed by atoms with Gasteiger partial charge in [0.1, 0.15) is 5.82 Å². The average molecular weight is 368 g/mol. The number of carbonyl (C=O) groups is 1. The number of hydrogen-bond acceptors (Lipinski definition) is 6. The maximum Gasteiger partial charge on any atom is 0.320 e. The minimum Gasteiger partial charge on any atom is -0.398 e. The summed E-state index contributed by atoms with van der Waals surface area (Å²) in [5.41, 5.74) is 8.76. The van der Waals surface area contributed by atoms with Crippen LogP contribution in [0.2, 0.25) is 0 Å². The monoisotopic (exact) mass is 368 g/mol. The number of nitrogens with two attached hydrogens (primary N) is 1. The SMILES string of the molecule is Cc1cc(C(=N)c2cnc(NC(=O)NC(C)C3CCOC3)cc2N)ccn1. The van der Waals surface area contributed by atoms with Crippen LogP contribution in [0.1, 0.15) is 30.2 Å². The highest BCUT2D eigenvalue weighted by Crippen LogP contribution is 2.20. The van der Waals surface area contributed by atoms with Crippen LogP contribution in [0.25, 0.3) is 0 Å². The number of nitrogens with one attached hydrogen (secondary N) is 3. The molecule has 2 amide bonds. The van der Waals surface area contributed by atoms with Gasteiger partial charge in [-0.2, -0.15) is 0 Å². The van der Waals surface area contributed by atoms with Crippen LogP contribution < -0.4 is 16.4 Å². The quantitative estimate of drug-likeness (QED) is 0.603. The number of ether oxygens (including phenoxy) is 1. The first-order valence-corrected chi connectivity index (χ1v) is 8.87. The molecule has 1 fully saturated rings. The van der Waals surface area contributed by atoms with Gasteiger partial charge in [0.15, 0.2) is 0 Å². The smallest absolute Gasteiger partial charge is 0.320 e. The number of pyridine rings is 2. The number of carbonyl (C=O) groups excluding carboxylic acids is 1. The third-order valence-electron chi connectivity index (χ3n) is 4.66. The van der Waals surface area contributed by atoms with Gasteiger partial charge < -0.3 is 15.8 Å². The fourth-order valence-electron chi connectivity index (χ4n) is 3.03. The number of urea groups is 1. The lowest BCUT2D eigenvalue weighted by atomic mass is 10.0. The first-order chi connectivity index (χ1) is 12.9. The molecule has 2 aromatic rings. The highest BCUT2D eigenvalue weighted by molar-refractivity contribution is 6.13. The number of amides is 2. The molecule has 0 aromatic carbocycles. The average Bonchev–Trinajstić information content (AvgIpc) is 3.16. The highest BCUT2D eigenvalue weighted by atomic mass is 16.5. The van der Waals surface area contributed by atoms with Gasteiger partial charge in [-0.25, -0.2) is 9.78 Å². The van der Waals surface area contributed by atoms with Crippen molar-refractivity contribution in [1.82, 2.24) is 15.3 Å². The predicted molar refractivity (Wildman–Crippen MR) is 104 cm³/mol. The molecule has 142 valence electrons. The van der Waals surface area contributed by atoms with E-state index in [1.165, 1.54) is 6.20 Å². The van der Waals surface area contributed by atoms with Gasteiger partial charge in [-0.3, -0.25) is 15.7 Å². The molecule has 0 radical (unpaired) electrons. The van der Waals surface area contributed by atoms with Crippen molar-refractivity contribution in [3.63, 3.8) is 0 Å². The van der Waals surface area contributed by atoms with E-state index in [0.29, 0.717) is 35.2 Å². The van der Waals surface area contributed by atoms with Crippen molar-refractivity contribution in [2.45, 2.75) is 26.3 Å². The zero-order valence-electron chi connectivity index (χ0n) is 15.5. The Balaban J connectivity index is 1.65. The predicted octanol–water partition coefficient (Wildman–Crippen LogP) is 2.33. The van der Waals surface area contributed by atoms with E-state index in [1.807, 2.05) is 19.9 Å². The maximum absolute atomic E-state index is 12.2. The summed E-state index contributed by atoms with van der Waals surface area (Å²) < 4.78 is 5.35. The van der Waals surface area contributed by atoms with E-state index >= 15 is 0 Å².